The Morgan fingerprint density at radius 1 is 1.07 bits per heavy atom. The largest absolute Gasteiger partial charge is 0.483 e. The van der Waals surface area contributed by atoms with E-state index in [4.69, 9.17) is 9.47 Å². The molecule has 0 fully saturated rings. The molecule has 0 saturated carbocycles. The number of anilines is 1. The molecule has 1 aliphatic heterocycles. The zero-order chi connectivity index (χ0) is 20.1. The standard InChI is InChI=1S/C20H21N3O5/c1-13-6-5-9-16(14(13)2)27-11-19(25)22-21-18(24)10-23-15-7-3-4-8-17(15)28-12-20(23)26/h3-9H,10-12H2,1-2H3,(H,21,24)(H,22,25). The lowest BCUT2D eigenvalue weighted by Crippen LogP contribution is -2.50. The number of carbonyl (C=O) groups is 3. The SMILES string of the molecule is Cc1cccc(OCC(=O)NNC(=O)CN2C(=O)COc3ccccc32)c1C. The number of hydrogen-bond donors (Lipinski definition) is 2. The first-order valence-electron chi connectivity index (χ1n) is 8.74. The number of aryl methyl sites for hydroxylation is 1. The van der Waals surface area contributed by atoms with Crippen molar-refractivity contribution in [1.82, 2.24) is 10.9 Å². The van der Waals surface area contributed by atoms with Crippen LogP contribution >= 0.6 is 0 Å². The van der Waals surface area contributed by atoms with Crippen LogP contribution < -0.4 is 25.2 Å². The van der Waals surface area contributed by atoms with E-state index >= 15 is 0 Å². The van der Waals surface area contributed by atoms with Crippen LogP contribution in [0.15, 0.2) is 42.5 Å². The molecule has 1 aliphatic rings. The predicted octanol–water partition coefficient (Wildman–Crippen LogP) is 1.26. The van der Waals surface area contributed by atoms with Crippen LogP contribution in [-0.4, -0.2) is 37.5 Å². The van der Waals surface area contributed by atoms with E-state index in [-0.39, 0.29) is 25.7 Å². The summed E-state index contributed by atoms with van der Waals surface area (Å²) >= 11 is 0. The quantitative estimate of drug-likeness (QED) is 0.758. The van der Waals surface area contributed by atoms with Crippen molar-refractivity contribution in [2.45, 2.75) is 13.8 Å². The lowest BCUT2D eigenvalue weighted by Gasteiger charge is -2.28. The van der Waals surface area contributed by atoms with E-state index in [2.05, 4.69) is 10.9 Å². The van der Waals surface area contributed by atoms with Gasteiger partial charge in [-0.15, -0.1) is 0 Å². The van der Waals surface area contributed by atoms with Crippen LogP contribution in [0.2, 0.25) is 0 Å². The molecule has 8 nitrogen and oxygen atoms in total. The summed E-state index contributed by atoms with van der Waals surface area (Å²) in [4.78, 5) is 37.4. The molecule has 0 bridgehead atoms. The second-order valence-corrected chi connectivity index (χ2v) is 6.32. The fourth-order valence-electron chi connectivity index (χ4n) is 2.71. The van der Waals surface area contributed by atoms with Gasteiger partial charge < -0.3 is 9.47 Å². The minimum atomic E-state index is -0.537. The maximum Gasteiger partial charge on any atom is 0.276 e. The molecule has 3 amide bonds. The average molecular weight is 383 g/mol. The van der Waals surface area contributed by atoms with Crippen LogP contribution in [0.1, 0.15) is 11.1 Å². The monoisotopic (exact) mass is 383 g/mol. The number of rotatable bonds is 5. The highest BCUT2D eigenvalue weighted by Gasteiger charge is 2.27. The third-order valence-corrected chi connectivity index (χ3v) is 4.37. The molecule has 0 aliphatic carbocycles. The van der Waals surface area contributed by atoms with Crippen molar-refractivity contribution >= 4 is 23.4 Å². The van der Waals surface area contributed by atoms with Crippen LogP contribution in [0.5, 0.6) is 11.5 Å². The molecule has 2 N–H and O–H groups in total. The Bertz CT molecular complexity index is 912. The molecule has 0 unspecified atom stereocenters. The number of nitrogens with one attached hydrogen (secondary N) is 2. The second-order valence-electron chi connectivity index (χ2n) is 6.32. The second kappa shape index (κ2) is 8.43. The number of hydrogen-bond acceptors (Lipinski definition) is 5. The highest BCUT2D eigenvalue weighted by atomic mass is 16.5. The van der Waals surface area contributed by atoms with Gasteiger partial charge >= 0.3 is 0 Å². The molecular formula is C20H21N3O5. The van der Waals surface area contributed by atoms with Gasteiger partial charge in [0.15, 0.2) is 13.2 Å². The summed E-state index contributed by atoms with van der Waals surface area (Å²) in [7, 11) is 0. The van der Waals surface area contributed by atoms with E-state index in [1.165, 1.54) is 4.90 Å². The molecule has 146 valence electrons. The van der Waals surface area contributed by atoms with E-state index < -0.39 is 11.8 Å². The molecule has 0 spiro atoms. The number of fused-ring (bicyclic) bond motifs is 1. The number of benzene rings is 2. The normalized spacial score (nSPS) is 12.6. The molecule has 0 saturated heterocycles. The van der Waals surface area contributed by atoms with E-state index in [0.29, 0.717) is 17.2 Å². The van der Waals surface area contributed by atoms with Gasteiger partial charge in [0.1, 0.15) is 18.0 Å². The van der Waals surface area contributed by atoms with Crippen molar-refractivity contribution in [1.29, 1.82) is 0 Å². The first-order valence-corrected chi connectivity index (χ1v) is 8.74. The molecule has 8 heteroatoms. The highest BCUT2D eigenvalue weighted by Crippen LogP contribution is 2.31. The van der Waals surface area contributed by atoms with Gasteiger partial charge in [0.25, 0.3) is 17.7 Å². The lowest BCUT2D eigenvalue weighted by atomic mass is 10.1. The Morgan fingerprint density at radius 2 is 1.82 bits per heavy atom. The zero-order valence-electron chi connectivity index (χ0n) is 15.7. The minimum absolute atomic E-state index is 0.139. The van der Waals surface area contributed by atoms with Crippen LogP contribution in [0.25, 0.3) is 0 Å². The number of amides is 3. The van der Waals surface area contributed by atoms with E-state index in [1.807, 2.05) is 26.0 Å². The van der Waals surface area contributed by atoms with Crippen molar-refractivity contribution in [3.8, 4) is 11.5 Å². The van der Waals surface area contributed by atoms with Crippen molar-refractivity contribution in [3.05, 3.63) is 53.6 Å². The van der Waals surface area contributed by atoms with Gasteiger partial charge in [-0.1, -0.05) is 24.3 Å². The summed E-state index contributed by atoms with van der Waals surface area (Å²) in [6.45, 7) is 3.23. The van der Waals surface area contributed by atoms with Crippen molar-refractivity contribution < 1.29 is 23.9 Å². The molecular weight excluding hydrogens is 362 g/mol. The van der Waals surface area contributed by atoms with Crippen molar-refractivity contribution in [2.24, 2.45) is 0 Å². The fraction of sp³-hybridized carbons (Fsp3) is 0.250. The summed E-state index contributed by atoms with van der Waals surface area (Å²) in [5.74, 6) is -0.246. The number of nitrogens with zero attached hydrogens (tertiary/aromatic N) is 1. The first kappa shape index (κ1) is 19.2. The van der Waals surface area contributed by atoms with Crippen LogP contribution in [0.3, 0.4) is 0 Å². The van der Waals surface area contributed by atoms with Gasteiger partial charge in [0, 0.05) is 0 Å². The molecule has 0 aromatic heterocycles. The van der Waals surface area contributed by atoms with Gasteiger partial charge in [0.2, 0.25) is 0 Å². The van der Waals surface area contributed by atoms with Crippen LogP contribution in [-0.2, 0) is 14.4 Å². The molecule has 2 aromatic carbocycles. The predicted molar refractivity (Wildman–Crippen MR) is 102 cm³/mol. The van der Waals surface area contributed by atoms with E-state index in [0.717, 1.165) is 11.1 Å². The molecule has 1 heterocycles. The average Bonchev–Trinajstić information content (AvgIpc) is 2.69. The Morgan fingerprint density at radius 3 is 2.64 bits per heavy atom. The van der Waals surface area contributed by atoms with Gasteiger partial charge in [0.05, 0.1) is 5.69 Å². The Kier molecular flexibility index (Phi) is 5.78. The number of hydrazine groups is 1. The molecule has 2 aromatic rings. The maximum atomic E-state index is 12.1. The lowest BCUT2D eigenvalue weighted by molar-refractivity contribution is -0.130. The first-order chi connectivity index (χ1) is 13.5. The van der Waals surface area contributed by atoms with Gasteiger partial charge in [-0.2, -0.15) is 0 Å². The molecule has 3 rings (SSSR count). The summed E-state index contributed by atoms with van der Waals surface area (Å²) in [5.41, 5.74) is 7.09. The fourth-order valence-corrected chi connectivity index (χ4v) is 2.71. The molecule has 28 heavy (non-hydrogen) atoms. The highest BCUT2D eigenvalue weighted by molar-refractivity contribution is 6.02. The van der Waals surface area contributed by atoms with Gasteiger partial charge in [-0.3, -0.25) is 30.1 Å². The molecule has 0 atom stereocenters. The van der Waals surface area contributed by atoms with E-state index in [1.54, 1.807) is 30.3 Å². The summed E-state index contributed by atoms with van der Waals surface area (Å²) in [6, 6.07) is 12.5. The zero-order valence-corrected chi connectivity index (χ0v) is 15.7. The van der Waals surface area contributed by atoms with Gasteiger partial charge in [-0.25, -0.2) is 0 Å². The topological polar surface area (TPSA) is 97.0 Å². The maximum absolute atomic E-state index is 12.1. The van der Waals surface area contributed by atoms with E-state index in [9.17, 15) is 14.4 Å². The number of ether oxygens (including phenoxy) is 2. The molecule has 0 radical (unpaired) electrons. The summed E-state index contributed by atoms with van der Waals surface area (Å²) < 4.78 is 10.8. The third kappa shape index (κ3) is 4.40. The van der Waals surface area contributed by atoms with Crippen LogP contribution in [0, 0.1) is 13.8 Å². The Balaban J connectivity index is 1.50. The van der Waals surface area contributed by atoms with Gasteiger partial charge in [-0.05, 0) is 43.2 Å². The minimum Gasteiger partial charge on any atom is -0.483 e. The third-order valence-electron chi connectivity index (χ3n) is 4.37. The summed E-state index contributed by atoms with van der Waals surface area (Å²) in [6.07, 6.45) is 0. The Hall–Kier alpha value is -3.55. The smallest absolute Gasteiger partial charge is 0.276 e. The number of para-hydroxylation sites is 2. The van der Waals surface area contributed by atoms with Crippen LogP contribution in [0.4, 0.5) is 5.69 Å². The Labute approximate surface area is 162 Å². The van der Waals surface area contributed by atoms with Crippen molar-refractivity contribution in [2.75, 3.05) is 24.7 Å². The summed E-state index contributed by atoms with van der Waals surface area (Å²) in [5, 5.41) is 0. The number of carbonyl (C=O) groups excluding carboxylic acids is 3. The van der Waals surface area contributed by atoms with Crippen molar-refractivity contribution in [3.63, 3.8) is 0 Å².